The van der Waals surface area contributed by atoms with E-state index in [0.717, 1.165) is 82.8 Å². The van der Waals surface area contributed by atoms with Crippen molar-refractivity contribution in [3.05, 3.63) is 164 Å². The fourth-order valence-corrected chi connectivity index (χ4v) is 6.84. The molecule has 0 aliphatic carbocycles. The van der Waals surface area contributed by atoms with Crippen LogP contribution in [0.2, 0.25) is 0 Å². The third kappa shape index (κ3) is 4.83. The Kier molecular flexibility index (Phi) is 6.42. The van der Waals surface area contributed by atoms with Gasteiger partial charge in [-0.25, -0.2) is 15.0 Å². The first kappa shape index (κ1) is 28.2. The predicted molar refractivity (Wildman–Crippen MR) is 202 cm³/mol. The zero-order valence-corrected chi connectivity index (χ0v) is 26.7. The van der Waals surface area contributed by atoms with Crippen molar-refractivity contribution in [2.24, 2.45) is 0 Å². The van der Waals surface area contributed by atoms with Gasteiger partial charge in [0, 0.05) is 38.2 Å². The van der Waals surface area contributed by atoms with Crippen LogP contribution in [0, 0.1) is 0 Å². The number of hydrogen-bond donors (Lipinski definition) is 0. The van der Waals surface area contributed by atoms with Crippen LogP contribution < -0.4 is 0 Å². The SMILES string of the molecule is c1ccc(-c2nc(-c3cccc(-c4ccc5c(c4)oc4ccccc45)c3)nc(-c3cccc(-c4ccc5c(c4)oc4ccccc45)c3)n2)cc1. The molecule has 0 spiro atoms. The van der Waals surface area contributed by atoms with E-state index in [9.17, 15) is 0 Å². The highest BCUT2D eigenvalue weighted by Gasteiger charge is 2.15. The number of hydrogen-bond acceptors (Lipinski definition) is 5. The zero-order valence-electron chi connectivity index (χ0n) is 26.7. The van der Waals surface area contributed by atoms with Crippen LogP contribution >= 0.6 is 0 Å². The van der Waals surface area contributed by atoms with Crippen molar-refractivity contribution in [2.45, 2.75) is 0 Å². The third-order valence-electron chi connectivity index (χ3n) is 9.33. The molecule has 0 aliphatic rings. The summed E-state index contributed by atoms with van der Waals surface area (Å²) in [6.07, 6.45) is 0. The lowest BCUT2D eigenvalue weighted by atomic mass is 10.0. The highest BCUT2D eigenvalue weighted by molar-refractivity contribution is 6.07. The monoisotopic (exact) mass is 641 g/mol. The molecule has 0 saturated heterocycles. The molecule has 5 heteroatoms. The van der Waals surface area contributed by atoms with E-state index in [1.54, 1.807) is 0 Å². The normalized spacial score (nSPS) is 11.6. The Morgan fingerprint density at radius 1 is 0.260 bits per heavy atom. The van der Waals surface area contributed by atoms with Gasteiger partial charge in [0.1, 0.15) is 22.3 Å². The van der Waals surface area contributed by atoms with Crippen molar-refractivity contribution in [1.82, 2.24) is 15.0 Å². The van der Waals surface area contributed by atoms with E-state index in [1.807, 2.05) is 78.9 Å². The Morgan fingerprint density at radius 3 is 1.16 bits per heavy atom. The molecule has 3 aromatic heterocycles. The van der Waals surface area contributed by atoms with Gasteiger partial charge < -0.3 is 8.83 Å². The van der Waals surface area contributed by atoms with Gasteiger partial charge in [-0.2, -0.15) is 0 Å². The molecule has 234 valence electrons. The number of nitrogens with zero attached hydrogens (tertiary/aromatic N) is 3. The first-order chi connectivity index (χ1) is 24.7. The first-order valence-corrected chi connectivity index (χ1v) is 16.6. The molecule has 10 aromatic rings. The Morgan fingerprint density at radius 2 is 0.640 bits per heavy atom. The topological polar surface area (TPSA) is 65.0 Å². The van der Waals surface area contributed by atoms with Gasteiger partial charge in [0.15, 0.2) is 17.5 Å². The standard InChI is InChI=1S/C45H27N3O2/c1-2-10-28(11-3-1)43-46-44(33-14-8-12-29(24-33)31-20-22-37-35-16-4-6-18-39(35)49-41(37)26-31)48-45(47-43)34-15-9-13-30(25-34)32-21-23-38-36-17-5-7-19-40(36)50-42(38)27-32/h1-27H. The number of rotatable bonds is 5. The van der Waals surface area contributed by atoms with Crippen LogP contribution in [0.15, 0.2) is 173 Å². The van der Waals surface area contributed by atoms with E-state index in [2.05, 4.69) is 84.9 Å². The average Bonchev–Trinajstić information content (AvgIpc) is 3.76. The number of furan rings is 2. The van der Waals surface area contributed by atoms with E-state index in [0.29, 0.717) is 17.5 Å². The van der Waals surface area contributed by atoms with Crippen LogP contribution in [0.5, 0.6) is 0 Å². The fourth-order valence-electron chi connectivity index (χ4n) is 6.84. The van der Waals surface area contributed by atoms with Crippen molar-refractivity contribution in [3.8, 4) is 56.4 Å². The van der Waals surface area contributed by atoms with Crippen LogP contribution in [0.25, 0.3) is 100 Å². The molecule has 0 N–H and O–H groups in total. The van der Waals surface area contributed by atoms with Gasteiger partial charge in [0.2, 0.25) is 0 Å². The predicted octanol–water partition coefficient (Wildman–Crippen LogP) is 12.0. The zero-order chi connectivity index (χ0) is 33.0. The van der Waals surface area contributed by atoms with Crippen molar-refractivity contribution >= 4 is 43.9 Å². The summed E-state index contributed by atoms with van der Waals surface area (Å²) in [5.74, 6) is 1.83. The fraction of sp³-hybridized carbons (Fsp3) is 0. The minimum absolute atomic E-state index is 0.606. The summed E-state index contributed by atoms with van der Waals surface area (Å²) in [4.78, 5) is 15.1. The molecule has 5 nitrogen and oxygen atoms in total. The molecule has 0 amide bonds. The average molecular weight is 642 g/mol. The maximum Gasteiger partial charge on any atom is 0.164 e. The number of para-hydroxylation sites is 2. The van der Waals surface area contributed by atoms with Crippen LogP contribution in [-0.4, -0.2) is 15.0 Å². The van der Waals surface area contributed by atoms with Gasteiger partial charge in [0.25, 0.3) is 0 Å². The summed E-state index contributed by atoms with van der Waals surface area (Å²) in [7, 11) is 0. The smallest absolute Gasteiger partial charge is 0.164 e. The lowest BCUT2D eigenvalue weighted by molar-refractivity contribution is 0.668. The molecule has 0 radical (unpaired) electrons. The molecule has 0 fully saturated rings. The summed E-state index contributed by atoms with van der Waals surface area (Å²) < 4.78 is 12.4. The highest BCUT2D eigenvalue weighted by atomic mass is 16.3. The van der Waals surface area contributed by atoms with Gasteiger partial charge >= 0.3 is 0 Å². The van der Waals surface area contributed by atoms with Gasteiger partial charge in [0.05, 0.1) is 0 Å². The highest BCUT2D eigenvalue weighted by Crippen LogP contribution is 2.35. The summed E-state index contributed by atoms with van der Waals surface area (Å²) >= 11 is 0. The molecule has 0 aliphatic heterocycles. The van der Waals surface area contributed by atoms with Crippen LogP contribution in [0.1, 0.15) is 0 Å². The van der Waals surface area contributed by atoms with Crippen LogP contribution in [-0.2, 0) is 0 Å². The Hall–Kier alpha value is -6.85. The van der Waals surface area contributed by atoms with Crippen LogP contribution in [0.4, 0.5) is 0 Å². The maximum absolute atomic E-state index is 6.20. The second-order valence-corrected chi connectivity index (χ2v) is 12.5. The lowest BCUT2D eigenvalue weighted by Gasteiger charge is -2.10. The minimum atomic E-state index is 0.606. The van der Waals surface area contributed by atoms with Crippen molar-refractivity contribution in [2.75, 3.05) is 0 Å². The van der Waals surface area contributed by atoms with Crippen molar-refractivity contribution in [3.63, 3.8) is 0 Å². The number of benzene rings is 7. The van der Waals surface area contributed by atoms with Gasteiger partial charge in [-0.3, -0.25) is 0 Å². The van der Waals surface area contributed by atoms with Crippen molar-refractivity contribution in [1.29, 1.82) is 0 Å². The molecule has 10 rings (SSSR count). The Balaban J connectivity index is 1.07. The Bertz CT molecular complexity index is 2710. The van der Waals surface area contributed by atoms with E-state index < -0.39 is 0 Å². The molecule has 0 saturated carbocycles. The summed E-state index contributed by atoms with van der Waals surface area (Å²) in [5, 5.41) is 4.45. The molecule has 0 unspecified atom stereocenters. The molecular formula is C45H27N3O2. The number of fused-ring (bicyclic) bond motifs is 6. The van der Waals surface area contributed by atoms with Gasteiger partial charge in [-0.15, -0.1) is 0 Å². The molecule has 0 bridgehead atoms. The van der Waals surface area contributed by atoms with Crippen LogP contribution in [0.3, 0.4) is 0 Å². The largest absolute Gasteiger partial charge is 0.456 e. The maximum atomic E-state index is 6.20. The number of aromatic nitrogens is 3. The molecular weight excluding hydrogens is 615 g/mol. The molecule has 7 aromatic carbocycles. The van der Waals surface area contributed by atoms with E-state index in [1.165, 1.54) is 0 Å². The third-order valence-corrected chi connectivity index (χ3v) is 9.33. The second kappa shape index (κ2) is 11.4. The van der Waals surface area contributed by atoms with E-state index in [4.69, 9.17) is 23.8 Å². The van der Waals surface area contributed by atoms with Crippen molar-refractivity contribution < 1.29 is 8.83 Å². The minimum Gasteiger partial charge on any atom is -0.456 e. The van der Waals surface area contributed by atoms with Gasteiger partial charge in [-0.1, -0.05) is 115 Å². The van der Waals surface area contributed by atoms with E-state index >= 15 is 0 Å². The lowest BCUT2D eigenvalue weighted by Crippen LogP contribution is -2.00. The summed E-state index contributed by atoms with van der Waals surface area (Å²) in [6, 6.07) is 55.8. The molecule has 3 heterocycles. The summed E-state index contributed by atoms with van der Waals surface area (Å²) in [6.45, 7) is 0. The molecule has 50 heavy (non-hydrogen) atoms. The van der Waals surface area contributed by atoms with Gasteiger partial charge in [-0.05, 0) is 70.8 Å². The molecule has 0 atom stereocenters. The second-order valence-electron chi connectivity index (χ2n) is 12.5. The van der Waals surface area contributed by atoms with E-state index in [-0.39, 0.29) is 0 Å². The Labute approximate surface area is 287 Å². The quantitative estimate of drug-likeness (QED) is 0.187. The first-order valence-electron chi connectivity index (χ1n) is 16.6. The summed E-state index contributed by atoms with van der Waals surface area (Å²) in [5.41, 5.74) is 10.5.